The van der Waals surface area contributed by atoms with Gasteiger partial charge in [-0.05, 0) is 46.1 Å². The van der Waals surface area contributed by atoms with Crippen LogP contribution in [0, 0.1) is 0 Å². The Morgan fingerprint density at radius 3 is 1.82 bits per heavy atom. The van der Waals surface area contributed by atoms with E-state index in [2.05, 4.69) is 0 Å². The Labute approximate surface area is 73.0 Å². The first-order valence-corrected chi connectivity index (χ1v) is 5.82. The highest BCUT2D eigenvalue weighted by atomic mass is 35.7. The van der Waals surface area contributed by atoms with E-state index in [1.54, 1.807) is 14.1 Å². The van der Waals surface area contributed by atoms with Crippen molar-refractivity contribution in [2.24, 2.45) is 0 Å². The van der Waals surface area contributed by atoms with Gasteiger partial charge in [-0.25, -0.2) is 4.67 Å². The third-order valence-corrected chi connectivity index (χ3v) is 3.71. The Balaban J connectivity index is 4.26. The normalized spacial score (nSPS) is 18.5. The van der Waals surface area contributed by atoms with Crippen molar-refractivity contribution in [3.05, 3.63) is 0 Å². The molecule has 68 valence electrons. The molecule has 0 saturated carbocycles. The number of nitrogens with zero attached hydrogens (tertiary/aromatic N) is 1. The number of rotatable bonds is 2. The van der Waals surface area contributed by atoms with Gasteiger partial charge >= 0.3 is 6.87 Å². The molecule has 11 heavy (non-hydrogen) atoms. The molecule has 0 aliphatic carbocycles. The second-order valence-corrected chi connectivity index (χ2v) is 6.67. The summed E-state index contributed by atoms with van der Waals surface area (Å²) >= 11 is 5.62. The summed E-state index contributed by atoms with van der Waals surface area (Å²) in [7, 11) is 3.25. The van der Waals surface area contributed by atoms with Crippen LogP contribution in [0.1, 0.15) is 20.8 Å². The molecule has 1 unspecified atom stereocenters. The van der Waals surface area contributed by atoms with Gasteiger partial charge in [-0.2, -0.15) is 0 Å². The van der Waals surface area contributed by atoms with E-state index in [9.17, 15) is 4.57 Å². The molecular weight excluding hydrogens is 184 g/mol. The van der Waals surface area contributed by atoms with E-state index < -0.39 is 12.5 Å². The van der Waals surface area contributed by atoms with Crippen molar-refractivity contribution in [1.29, 1.82) is 0 Å². The first-order valence-electron chi connectivity index (χ1n) is 3.33. The van der Waals surface area contributed by atoms with Crippen LogP contribution in [0.25, 0.3) is 0 Å². The fraction of sp³-hybridized carbons (Fsp3) is 1.00. The molecule has 0 heterocycles. The molecule has 3 nitrogen and oxygen atoms in total. The molecule has 0 aromatic rings. The molecule has 0 aliphatic heterocycles. The van der Waals surface area contributed by atoms with Crippen molar-refractivity contribution >= 4 is 18.1 Å². The van der Waals surface area contributed by atoms with E-state index in [1.165, 1.54) is 4.67 Å². The van der Waals surface area contributed by atoms with Crippen LogP contribution in [0.2, 0.25) is 0 Å². The van der Waals surface area contributed by atoms with Gasteiger partial charge in [-0.15, -0.1) is 0 Å². The van der Waals surface area contributed by atoms with Crippen molar-refractivity contribution < 1.29 is 9.09 Å². The van der Waals surface area contributed by atoms with Crippen molar-refractivity contribution in [2.75, 3.05) is 14.1 Å². The van der Waals surface area contributed by atoms with Crippen LogP contribution in [0.5, 0.6) is 0 Å². The summed E-state index contributed by atoms with van der Waals surface area (Å²) in [5.74, 6) is 0. The van der Waals surface area contributed by atoms with Gasteiger partial charge in [-0.1, -0.05) is 0 Å². The van der Waals surface area contributed by atoms with Crippen molar-refractivity contribution in [2.45, 2.75) is 26.4 Å². The molecule has 0 rings (SSSR count). The van der Waals surface area contributed by atoms with E-state index in [0.29, 0.717) is 0 Å². The van der Waals surface area contributed by atoms with Crippen molar-refractivity contribution in [3.8, 4) is 0 Å². The van der Waals surface area contributed by atoms with E-state index in [1.807, 2.05) is 20.8 Å². The maximum atomic E-state index is 11.4. The van der Waals surface area contributed by atoms with Crippen LogP contribution in [0.3, 0.4) is 0 Å². The summed E-state index contributed by atoms with van der Waals surface area (Å²) in [5, 5.41) is 0. The van der Waals surface area contributed by atoms with E-state index >= 15 is 0 Å². The summed E-state index contributed by atoms with van der Waals surface area (Å²) in [4.78, 5) is 0. The van der Waals surface area contributed by atoms with E-state index in [0.717, 1.165) is 0 Å². The second kappa shape index (κ2) is 3.44. The number of halogens is 1. The van der Waals surface area contributed by atoms with E-state index in [4.69, 9.17) is 15.8 Å². The van der Waals surface area contributed by atoms with E-state index in [-0.39, 0.29) is 0 Å². The minimum atomic E-state index is -3.08. The molecule has 0 aromatic carbocycles. The summed E-state index contributed by atoms with van der Waals surface area (Å²) in [6.45, 7) is 2.35. The summed E-state index contributed by atoms with van der Waals surface area (Å²) in [5.41, 5.74) is -0.471. The first kappa shape index (κ1) is 11.4. The molecule has 0 bridgehead atoms. The minimum absolute atomic E-state index is 0.471. The fourth-order valence-corrected chi connectivity index (χ4v) is 1.88. The summed E-state index contributed by atoms with van der Waals surface area (Å²) < 4.78 is 17.9. The predicted molar refractivity (Wildman–Crippen MR) is 48.0 cm³/mol. The summed E-state index contributed by atoms with van der Waals surface area (Å²) in [6.07, 6.45) is 0. The molecule has 0 spiro atoms. The van der Waals surface area contributed by atoms with Crippen molar-refractivity contribution in [1.82, 2.24) is 4.67 Å². The van der Waals surface area contributed by atoms with Crippen LogP contribution in [0.4, 0.5) is 0 Å². The maximum Gasteiger partial charge on any atom is 0.363 e. The predicted octanol–water partition coefficient (Wildman–Crippen LogP) is 2.71. The second-order valence-electron chi connectivity index (χ2n) is 3.50. The van der Waals surface area contributed by atoms with Crippen LogP contribution in [0.15, 0.2) is 0 Å². The Hall–Kier alpha value is 0.440. The lowest BCUT2D eigenvalue weighted by atomic mass is 10.2. The zero-order valence-electron chi connectivity index (χ0n) is 7.59. The molecular formula is C6H15ClNO2P. The number of hydrogen-bond acceptors (Lipinski definition) is 2. The smallest absolute Gasteiger partial charge is 0.300 e. The third-order valence-electron chi connectivity index (χ3n) is 0.864. The van der Waals surface area contributed by atoms with Gasteiger partial charge in [0.05, 0.1) is 5.60 Å². The Kier molecular flexibility index (Phi) is 3.58. The van der Waals surface area contributed by atoms with Crippen LogP contribution in [-0.2, 0) is 9.09 Å². The molecule has 0 N–H and O–H groups in total. The van der Waals surface area contributed by atoms with Crippen LogP contribution in [-0.4, -0.2) is 24.4 Å². The van der Waals surface area contributed by atoms with Gasteiger partial charge in [0.25, 0.3) is 0 Å². The minimum Gasteiger partial charge on any atom is -0.300 e. The zero-order valence-corrected chi connectivity index (χ0v) is 9.24. The average Bonchev–Trinajstić information content (AvgIpc) is 1.56. The zero-order chi connectivity index (χ0) is 9.28. The molecule has 5 heteroatoms. The first-order chi connectivity index (χ1) is 4.65. The largest absolute Gasteiger partial charge is 0.363 e. The highest BCUT2D eigenvalue weighted by molar-refractivity contribution is 7.83. The molecule has 0 aromatic heterocycles. The van der Waals surface area contributed by atoms with Crippen LogP contribution < -0.4 is 0 Å². The Morgan fingerprint density at radius 1 is 1.36 bits per heavy atom. The molecule has 0 aliphatic rings. The lowest BCUT2D eigenvalue weighted by molar-refractivity contribution is 0.128. The molecule has 0 saturated heterocycles. The molecule has 1 atom stereocenters. The SMILES string of the molecule is CN(C)P(=O)(Cl)OC(C)(C)C. The van der Waals surface area contributed by atoms with Crippen molar-refractivity contribution in [3.63, 3.8) is 0 Å². The van der Waals surface area contributed by atoms with Gasteiger partial charge in [0, 0.05) is 0 Å². The standard InChI is InChI=1S/C6H15ClNO2P/c1-6(2,3)10-11(7,9)8(4)5/h1-5H3. The topological polar surface area (TPSA) is 29.5 Å². The highest BCUT2D eigenvalue weighted by Gasteiger charge is 2.29. The molecule has 0 fully saturated rings. The van der Waals surface area contributed by atoms with Crippen LogP contribution >= 0.6 is 18.1 Å². The lowest BCUT2D eigenvalue weighted by Gasteiger charge is -2.26. The molecule has 0 amide bonds. The monoisotopic (exact) mass is 199 g/mol. The summed E-state index contributed by atoms with van der Waals surface area (Å²) in [6, 6.07) is 0. The third kappa shape index (κ3) is 4.81. The molecule has 0 radical (unpaired) electrons. The Morgan fingerprint density at radius 2 is 1.73 bits per heavy atom. The Bertz CT molecular complexity index is 176. The van der Waals surface area contributed by atoms with Gasteiger partial charge in [-0.3, -0.25) is 4.57 Å². The lowest BCUT2D eigenvalue weighted by Crippen LogP contribution is -2.20. The van der Waals surface area contributed by atoms with Gasteiger partial charge in [0.1, 0.15) is 0 Å². The van der Waals surface area contributed by atoms with Gasteiger partial charge in [0.15, 0.2) is 0 Å². The van der Waals surface area contributed by atoms with Gasteiger partial charge in [0.2, 0.25) is 0 Å². The fourth-order valence-electron chi connectivity index (χ4n) is 0.419. The number of hydrogen-bond donors (Lipinski definition) is 0. The average molecular weight is 200 g/mol. The quantitative estimate of drug-likeness (QED) is 0.641. The highest BCUT2D eigenvalue weighted by Crippen LogP contribution is 2.56. The van der Waals surface area contributed by atoms with Gasteiger partial charge < -0.3 is 4.52 Å². The maximum absolute atomic E-state index is 11.4.